The van der Waals surface area contributed by atoms with Gasteiger partial charge in [0, 0.05) is 13.2 Å². The first kappa shape index (κ1) is 14.5. The van der Waals surface area contributed by atoms with Gasteiger partial charge in [0.2, 0.25) is 5.91 Å². The Balaban J connectivity index is 2.23. The number of amides is 1. The second-order valence-corrected chi connectivity index (χ2v) is 5.08. The molecule has 0 aromatic heterocycles. The van der Waals surface area contributed by atoms with E-state index in [1.807, 2.05) is 0 Å². The van der Waals surface area contributed by atoms with Crippen LogP contribution in [0.1, 0.15) is 45.4 Å². The van der Waals surface area contributed by atoms with Crippen molar-refractivity contribution in [3.63, 3.8) is 0 Å². The summed E-state index contributed by atoms with van der Waals surface area (Å²) >= 11 is 0. The van der Waals surface area contributed by atoms with Gasteiger partial charge in [-0.15, -0.1) is 0 Å². The summed E-state index contributed by atoms with van der Waals surface area (Å²) in [5.41, 5.74) is 5.68. The van der Waals surface area contributed by atoms with Gasteiger partial charge < -0.3 is 15.8 Å². The first-order chi connectivity index (χ1) is 8.17. The fourth-order valence-electron chi connectivity index (χ4n) is 2.57. The van der Waals surface area contributed by atoms with E-state index in [4.69, 9.17) is 10.5 Å². The third-order valence-electron chi connectivity index (χ3n) is 3.57. The van der Waals surface area contributed by atoms with E-state index in [1.54, 1.807) is 7.11 Å². The Bertz CT molecular complexity index is 225. The van der Waals surface area contributed by atoms with E-state index in [2.05, 4.69) is 12.2 Å². The highest BCUT2D eigenvalue weighted by Crippen LogP contribution is 2.27. The Morgan fingerprint density at radius 2 is 2.06 bits per heavy atom. The molecule has 0 spiro atoms. The van der Waals surface area contributed by atoms with Crippen LogP contribution in [-0.2, 0) is 9.53 Å². The Morgan fingerprint density at radius 1 is 1.41 bits per heavy atom. The standard InChI is InChI=1S/C13H26N2O2/c1-3-4-10-5-7-11(8-6-10)15-13(16)12(14)9-17-2/h10-12H,3-9,14H2,1-2H3,(H,15,16). The van der Waals surface area contributed by atoms with Gasteiger partial charge in [0.1, 0.15) is 6.04 Å². The van der Waals surface area contributed by atoms with E-state index >= 15 is 0 Å². The lowest BCUT2D eigenvalue weighted by Crippen LogP contribution is -2.48. The first-order valence-corrected chi connectivity index (χ1v) is 6.72. The second kappa shape index (κ2) is 7.67. The predicted molar refractivity (Wildman–Crippen MR) is 68.6 cm³/mol. The largest absolute Gasteiger partial charge is 0.383 e. The predicted octanol–water partition coefficient (Wildman–Crippen LogP) is 1.44. The molecule has 1 aliphatic carbocycles. The SMILES string of the molecule is CCCC1CCC(NC(=O)C(N)COC)CC1. The zero-order chi connectivity index (χ0) is 12.7. The minimum atomic E-state index is -0.534. The molecule has 1 unspecified atom stereocenters. The quantitative estimate of drug-likeness (QED) is 0.740. The summed E-state index contributed by atoms with van der Waals surface area (Å²) in [7, 11) is 1.56. The molecule has 100 valence electrons. The van der Waals surface area contributed by atoms with Crippen molar-refractivity contribution in [3.05, 3.63) is 0 Å². The Labute approximate surface area is 104 Å². The monoisotopic (exact) mass is 242 g/mol. The van der Waals surface area contributed by atoms with Crippen molar-refractivity contribution in [2.45, 2.75) is 57.5 Å². The zero-order valence-electron chi connectivity index (χ0n) is 11.1. The number of nitrogens with two attached hydrogens (primary N) is 1. The molecule has 0 heterocycles. The summed E-state index contributed by atoms with van der Waals surface area (Å²) in [5.74, 6) is 0.784. The first-order valence-electron chi connectivity index (χ1n) is 6.72. The fraction of sp³-hybridized carbons (Fsp3) is 0.923. The highest BCUT2D eigenvalue weighted by Gasteiger charge is 2.23. The number of nitrogens with one attached hydrogen (secondary N) is 1. The van der Waals surface area contributed by atoms with Crippen LogP contribution < -0.4 is 11.1 Å². The van der Waals surface area contributed by atoms with Crippen LogP contribution in [0.15, 0.2) is 0 Å². The van der Waals surface area contributed by atoms with E-state index in [0.29, 0.717) is 6.04 Å². The van der Waals surface area contributed by atoms with Gasteiger partial charge in [-0.25, -0.2) is 0 Å². The van der Waals surface area contributed by atoms with Gasteiger partial charge in [0.05, 0.1) is 6.61 Å². The van der Waals surface area contributed by atoms with Crippen LogP contribution in [0.2, 0.25) is 0 Å². The molecule has 4 heteroatoms. The molecule has 1 atom stereocenters. The van der Waals surface area contributed by atoms with Gasteiger partial charge in [0.25, 0.3) is 0 Å². The van der Waals surface area contributed by atoms with Crippen molar-refractivity contribution < 1.29 is 9.53 Å². The van der Waals surface area contributed by atoms with E-state index in [0.717, 1.165) is 18.8 Å². The maximum absolute atomic E-state index is 11.7. The van der Waals surface area contributed by atoms with Gasteiger partial charge in [0.15, 0.2) is 0 Å². The highest BCUT2D eigenvalue weighted by molar-refractivity contribution is 5.81. The second-order valence-electron chi connectivity index (χ2n) is 5.08. The summed E-state index contributed by atoms with van der Waals surface area (Å²) in [6.45, 7) is 2.52. The van der Waals surface area contributed by atoms with Crippen LogP contribution in [-0.4, -0.2) is 31.7 Å². The summed E-state index contributed by atoms with van der Waals surface area (Å²) in [6.07, 6.45) is 7.24. The van der Waals surface area contributed by atoms with Crippen molar-refractivity contribution in [3.8, 4) is 0 Å². The molecule has 1 rings (SSSR count). The normalized spacial score (nSPS) is 26.5. The molecular weight excluding hydrogens is 216 g/mol. The minimum absolute atomic E-state index is 0.0780. The summed E-state index contributed by atoms with van der Waals surface area (Å²) in [6, 6.07) is -0.216. The summed E-state index contributed by atoms with van der Waals surface area (Å²) in [4.78, 5) is 11.7. The van der Waals surface area contributed by atoms with Crippen molar-refractivity contribution in [1.29, 1.82) is 0 Å². The molecule has 17 heavy (non-hydrogen) atoms. The maximum Gasteiger partial charge on any atom is 0.239 e. The van der Waals surface area contributed by atoms with Crippen LogP contribution in [0, 0.1) is 5.92 Å². The molecule has 0 aromatic rings. The number of ether oxygens (including phenoxy) is 1. The van der Waals surface area contributed by atoms with Crippen molar-refractivity contribution in [2.75, 3.05) is 13.7 Å². The molecule has 4 nitrogen and oxygen atoms in total. The molecule has 0 aliphatic heterocycles. The maximum atomic E-state index is 11.7. The number of carbonyl (C=O) groups excluding carboxylic acids is 1. The number of hydrogen-bond donors (Lipinski definition) is 2. The molecule has 1 saturated carbocycles. The number of hydrogen-bond acceptors (Lipinski definition) is 3. The highest BCUT2D eigenvalue weighted by atomic mass is 16.5. The molecule has 3 N–H and O–H groups in total. The van der Waals surface area contributed by atoms with Crippen LogP contribution in [0.25, 0.3) is 0 Å². The molecule has 0 aromatic carbocycles. The molecule has 0 saturated heterocycles. The van der Waals surface area contributed by atoms with E-state index in [-0.39, 0.29) is 12.5 Å². The van der Waals surface area contributed by atoms with Gasteiger partial charge in [-0.1, -0.05) is 19.8 Å². The summed E-state index contributed by atoms with van der Waals surface area (Å²) < 4.78 is 4.88. The van der Waals surface area contributed by atoms with Gasteiger partial charge >= 0.3 is 0 Å². The number of methoxy groups -OCH3 is 1. The average Bonchev–Trinajstić information content (AvgIpc) is 2.32. The number of rotatable bonds is 6. The van der Waals surface area contributed by atoms with Gasteiger partial charge in [-0.2, -0.15) is 0 Å². The lowest BCUT2D eigenvalue weighted by Gasteiger charge is -2.29. The third kappa shape index (κ3) is 5.04. The van der Waals surface area contributed by atoms with Crippen molar-refractivity contribution in [1.82, 2.24) is 5.32 Å². The lowest BCUT2D eigenvalue weighted by molar-refractivity contribution is -0.124. The Hall–Kier alpha value is -0.610. The third-order valence-corrected chi connectivity index (χ3v) is 3.57. The number of carbonyl (C=O) groups is 1. The van der Waals surface area contributed by atoms with Crippen LogP contribution in [0.4, 0.5) is 0 Å². The van der Waals surface area contributed by atoms with Crippen molar-refractivity contribution >= 4 is 5.91 Å². The molecule has 0 bridgehead atoms. The van der Waals surface area contributed by atoms with Crippen LogP contribution >= 0.6 is 0 Å². The fourth-order valence-corrected chi connectivity index (χ4v) is 2.57. The van der Waals surface area contributed by atoms with E-state index in [1.165, 1.54) is 25.7 Å². The minimum Gasteiger partial charge on any atom is -0.383 e. The average molecular weight is 242 g/mol. The molecule has 1 amide bonds. The van der Waals surface area contributed by atoms with Gasteiger partial charge in [-0.05, 0) is 31.6 Å². The molecule has 1 fully saturated rings. The zero-order valence-corrected chi connectivity index (χ0v) is 11.1. The topological polar surface area (TPSA) is 64.4 Å². The van der Waals surface area contributed by atoms with E-state index < -0.39 is 6.04 Å². The van der Waals surface area contributed by atoms with Crippen LogP contribution in [0.3, 0.4) is 0 Å². The smallest absolute Gasteiger partial charge is 0.239 e. The van der Waals surface area contributed by atoms with Crippen LogP contribution in [0.5, 0.6) is 0 Å². The lowest BCUT2D eigenvalue weighted by atomic mass is 9.83. The molecule has 1 aliphatic rings. The van der Waals surface area contributed by atoms with E-state index in [9.17, 15) is 4.79 Å². The Morgan fingerprint density at radius 3 is 2.59 bits per heavy atom. The van der Waals surface area contributed by atoms with Gasteiger partial charge in [-0.3, -0.25) is 4.79 Å². The Kier molecular flexibility index (Phi) is 6.52. The molecular formula is C13H26N2O2. The summed E-state index contributed by atoms with van der Waals surface area (Å²) in [5, 5.41) is 3.02. The van der Waals surface area contributed by atoms with Crippen molar-refractivity contribution in [2.24, 2.45) is 11.7 Å². The molecule has 0 radical (unpaired) electrons.